The second-order valence-corrected chi connectivity index (χ2v) is 3.32. The van der Waals surface area contributed by atoms with Crippen LogP contribution in [0.3, 0.4) is 0 Å². The Hall–Kier alpha value is -1.50. The van der Waals surface area contributed by atoms with E-state index in [-0.39, 0.29) is 5.95 Å². The van der Waals surface area contributed by atoms with Crippen LogP contribution >= 0.6 is 15.9 Å². The zero-order chi connectivity index (χ0) is 10.1. The topological polar surface area (TPSA) is 82.5 Å². The minimum Gasteiger partial charge on any atom is -0.366 e. The van der Waals surface area contributed by atoms with Crippen molar-refractivity contribution in [3.63, 3.8) is 0 Å². The van der Waals surface area contributed by atoms with Gasteiger partial charge in [0.2, 0.25) is 10.7 Å². The molecule has 0 atom stereocenters. The Morgan fingerprint density at radius 1 is 1.43 bits per heavy atom. The third-order valence-electron chi connectivity index (χ3n) is 1.56. The van der Waals surface area contributed by atoms with Crippen LogP contribution in [-0.4, -0.2) is 24.7 Å². The van der Waals surface area contributed by atoms with Crippen molar-refractivity contribution >= 4 is 21.9 Å². The summed E-state index contributed by atoms with van der Waals surface area (Å²) in [7, 11) is 0. The number of hydrogen-bond donors (Lipinski definition) is 1. The number of nitrogen functional groups attached to an aromatic ring is 1. The smallest absolute Gasteiger partial charge is 0.240 e. The van der Waals surface area contributed by atoms with E-state index >= 15 is 0 Å². The molecule has 14 heavy (non-hydrogen) atoms. The van der Waals surface area contributed by atoms with Crippen LogP contribution in [0.4, 0.5) is 5.95 Å². The average Bonchev–Trinajstić information content (AvgIpc) is 2.45. The lowest BCUT2D eigenvalue weighted by molar-refractivity contribution is 0.811. The summed E-state index contributed by atoms with van der Waals surface area (Å²) in [6.07, 6.45) is 1.65. The summed E-state index contributed by atoms with van der Waals surface area (Å²) in [5.74, 6) is 1.50. The fourth-order valence-corrected chi connectivity index (χ4v) is 1.46. The quantitative estimate of drug-likeness (QED) is 0.811. The molecule has 7 heteroatoms. The van der Waals surface area contributed by atoms with Crippen LogP contribution in [-0.2, 0) is 0 Å². The Labute approximate surface area is 88.3 Å². The molecule has 6 nitrogen and oxygen atoms in total. The summed E-state index contributed by atoms with van der Waals surface area (Å²) in [6, 6.07) is 1.73. The lowest BCUT2D eigenvalue weighted by atomic mass is 10.5. The van der Waals surface area contributed by atoms with E-state index in [0.717, 1.165) is 0 Å². The monoisotopic (exact) mass is 254 g/mol. The fraction of sp³-hybridized carbons (Fsp3) is 0.143. The third-order valence-corrected chi connectivity index (χ3v) is 2.08. The molecule has 2 aromatic heterocycles. The molecule has 0 unspecified atom stereocenters. The van der Waals surface area contributed by atoms with Gasteiger partial charge in [-0.2, -0.15) is 9.67 Å². The van der Waals surface area contributed by atoms with Gasteiger partial charge >= 0.3 is 0 Å². The van der Waals surface area contributed by atoms with Crippen molar-refractivity contribution in [2.75, 3.05) is 5.73 Å². The van der Waals surface area contributed by atoms with Crippen LogP contribution < -0.4 is 5.73 Å². The van der Waals surface area contributed by atoms with Crippen molar-refractivity contribution in [2.45, 2.75) is 6.92 Å². The number of nitrogens with two attached hydrogens (primary N) is 1. The van der Waals surface area contributed by atoms with Gasteiger partial charge < -0.3 is 5.73 Å². The van der Waals surface area contributed by atoms with Gasteiger partial charge in [0.1, 0.15) is 5.82 Å². The first-order chi connectivity index (χ1) is 6.66. The number of halogens is 1. The van der Waals surface area contributed by atoms with Gasteiger partial charge in [-0.05, 0) is 22.9 Å². The van der Waals surface area contributed by atoms with E-state index < -0.39 is 0 Å². The Kier molecular flexibility index (Phi) is 2.16. The number of anilines is 1. The summed E-state index contributed by atoms with van der Waals surface area (Å²) in [4.78, 5) is 12.1. The van der Waals surface area contributed by atoms with Crippen molar-refractivity contribution in [2.24, 2.45) is 0 Å². The molecule has 0 aliphatic rings. The minimum atomic E-state index is 0.202. The normalized spacial score (nSPS) is 10.4. The van der Waals surface area contributed by atoms with E-state index in [1.54, 1.807) is 19.2 Å². The molecular formula is C7H7BrN6. The van der Waals surface area contributed by atoms with Crippen LogP contribution in [0.5, 0.6) is 0 Å². The van der Waals surface area contributed by atoms with Gasteiger partial charge in [-0.1, -0.05) is 0 Å². The maximum atomic E-state index is 5.44. The van der Waals surface area contributed by atoms with Gasteiger partial charge in [-0.15, -0.1) is 5.10 Å². The summed E-state index contributed by atoms with van der Waals surface area (Å²) in [5.41, 5.74) is 5.44. The van der Waals surface area contributed by atoms with Gasteiger partial charge in [0.05, 0.1) is 0 Å². The van der Waals surface area contributed by atoms with Gasteiger partial charge in [-0.3, -0.25) is 0 Å². The second-order valence-electron chi connectivity index (χ2n) is 2.61. The van der Waals surface area contributed by atoms with Crippen molar-refractivity contribution in [1.82, 2.24) is 24.7 Å². The van der Waals surface area contributed by atoms with Crippen LogP contribution in [0.2, 0.25) is 0 Å². The molecule has 2 heterocycles. The molecule has 0 amide bonds. The maximum Gasteiger partial charge on any atom is 0.240 e. The molecule has 0 fully saturated rings. The molecule has 0 saturated carbocycles. The van der Waals surface area contributed by atoms with Crippen molar-refractivity contribution in [3.8, 4) is 5.82 Å². The van der Waals surface area contributed by atoms with Crippen LogP contribution in [0.25, 0.3) is 5.82 Å². The molecule has 0 aliphatic heterocycles. The minimum absolute atomic E-state index is 0.202. The largest absolute Gasteiger partial charge is 0.366 e. The number of hydrogen-bond acceptors (Lipinski definition) is 5. The summed E-state index contributed by atoms with van der Waals surface area (Å²) in [6.45, 7) is 1.80. The Morgan fingerprint density at radius 2 is 2.21 bits per heavy atom. The highest BCUT2D eigenvalue weighted by Crippen LogP contribution is 2.12. The SMILES string of the molecule is Cc1nccc(-n2nc(N)nc2Br)n1. The van der Waals surface area contributed by atoms with E-state index in [9.17, 15) is 0 Å². The second kappa shape index (κ2) is 3.33. The molecule has 0 aromatic carbocycles. The lowest BCUT2D eigenvalue weighted by Gasteiger charge is -2.00. The van der Waals surface area contributed by atoms with E-state index in [2.05, 4.69) is 36.0 Å². The molecule has 2 rings (SSSR count). The average molecular weight is 255 g/mol. The van der Waals surface area contributed by atoms with Gasteiger partial charge in [-0.25, -0.2) is 9.97 Å². The molecule has 72 valence electrons. The molecule has 0 bridgehead atoms. The maximum absolute atomic E-state index is 5.44. The summed E-state index contributed by atoms with van der Waals surface area (Å²) < 4.78 is 2.03. The van der Waals surface area contributed by atoms with Gasteiger partial charge in [0.15, 0.2) is 5.82 Å². The zero-order valence-electron chi connectivity index (χ0n) is 7.35. The first kappa shape index (κ1) is 9.07. The fourth-order valence-electron chi connectivity index (χ4n) is 1.02. The van der Waals surface area contributed by atoms with E-state index in [1.807, 2.05) is 0 Å². The highest BCUT2D eigenvalue weighted by atomic mass is 79.9. The molecule has 0 saturated heterocycles. The molecular weight excluding hydrogens is 248 g/mol. The molecule has 0 spiro atoms. The number of aryl methyl sites for hydroxylation is 1. The van der Waals surface area contributed by atoms with Gasteiger partial charge in [0, 0.05) is 12.3 Å². The molecule has 2 N–H and O–H groups in total. The van der Waals surface area contributed by atoms with Crippen molar-refractivity contribution in [1.29, 1.82) is 0 Å². The van der Waals surface area contributed by atoms with E-state index in [0.29, 0.717) is 16.4 Å². The predicted octanol–water partition coefficient (Wildman–Crippen LogP) is 0.710. The number of rotatable bonds is 1. The first-order valence-electron chi connectivity index (χ1n) is 3.85. The number of aromatic nitrogens is 5. The summed E-state index contributed by atoms with van der Waals surface area (Å²) >= 11 is 3.23. The number of nitrogens with zero attached hydrogens (tertiary/aromatic N) is 5. The molecule has 2 aromatic rings. The molecule has 0 aliphatic carbocycles. The lowest BCUT2D eigenvalue weighted by Crippen LogP contribution is -2.02. The van der Waals surface area contributed by atoms with Crippen LogP contribution in [0.15, 0.2) is 17.0 Å². The Morgan fingerprint density at radius 3 is 2.79 bits per heavy atom. The first-order valence-corrected chi connectivity index (χ1v) is 4.64. The standard InChI is InChI=1S/C7H7BrN6/c1-4-10-3-2-5(11-4)14-6(8)12-7(9)13-14/h2-3H,1H3,(H2,9,13). The highest BCUT2D eigenvalue weighted by molar-refractivity contribution is 9.10. The Balaban J connectivity index is 2.54. The third kappa shape index (κ3) is 1.58. The predicted molar refractivity (Wildman–Crippen MR) is 53.8 cm³/mol. The van der Waals surface area contributed by atoms with Crippen molar-refractivity contribution < 1.29 is 0 Å². The summed E-state index contributed by atoms with van der Waals surface area (Å²) in [5, 5.41) is 3.97. The van der Waals surface area contributed by atoms with Gasteiger partial charge in [0.25, 0.3) is 0 Å². The zero-order valence-corrected chi connectivity index (χ0v) is 8.93. The van der Waals surface area contributed by atoms with Crippen LogP contribution in [0.1, 0.15) is 5.82 Å². The Bertz CT molecular complexity index is 465. The van der Waals surface area contributed by atoms with Crippen molar-refractivity contribution in [3.05, 3.63) is 22.8 Å². The highest BCUT2D eigenvalue weighted by Gasteiger charge is 2.07. The van der Waals surface area contributed by atoms with E-state index in [1.165, 1.54) is 4.68 Å². The molecule has 0 radical (unpaired) electrons. The van der Waals surface area contributed by atoms with E-state index in [4.69, 9.17) is 5.73 Å². The van der Waals surface area contributed by atoms with Crippen LogP contribution in [0, 0.1) is 6.92 Å².